The number of nitro benzene ring substituents is 1. The number of rotatable bonds is 3. The van der Waals surface area contributed by atoms with Gasteiger partial charge in [0.05, 0.1) is 16.2 Å². The molecule has 0 aromatic heterocycles. The number of carbonyl (C=O) groups is 1. The SMILES string of the molecule is Cc1ccc(Br)c(NC(=O)c2cccc([N+](=O)[O-])c2Cl)c1. The van der Waals surface area contributed by atoms with Gasteiger partial charge in [0.15, 0.2) is 0 Å². The number of nitrogens with zero attached hydrogens (tertiary/aromatic N) is 1. The molecule has 1 amide bonds. The second kappa shape index (κ2) is 6.24. The van der Waals surface area contributed by atoms with E-state index in [0.717, 1.165) is 5.56 Å². The van der Waals surface area contributed by atoms with Gasteiger partial charge in [0, 0.05) is 10.5 Å². The van der Waals surface area contributed by atoms with Crippen molar-refractivity contribution in [1.82, 2.24) is 0 Å². The molecule has 1 N–H and O–H groups in total. The van der Waals surface area contributed by atoms with Crippen LogP contribution in [0, 0.1) is 17.0 Å². The molecule has 108 valence electrons. The van der Waals surface area contributed by atoms with E-state index in [0.29, 0.717) is 10.2 Å². The number of hydrogen-bond acceptors (Lipinski definition) is 3. The third kappa shape index (κ3) is 3.40. The Balaban J connectivity index is 2.35. The van der Waals surface area contributed by atoms with Crippen molar-refractivity contribution < 1.29 is 9.72 Å². The molecule has 0 aliphatic carbocycles. The molecule has 0 aliphatic rings. The Labute approximate surface area is 134 Å². The summed E-state index contributed by atoms with van der Waals surface area (Å²) in [5.74, 6) is -0.505. The normalized spacial score (nSPS) is 10.2. The lowest BCUT2D eigenvalue weighted by Gasteiger charge is -2.09. The van der Waals surface area contributed by atoms with Gasteiger partial charge in [0.2, 0.25) is 0 Å². The highest BCUT2D eigenvalue weighted by Gasteiger charge is 2.20. The molecular weight excluding hydrogens is 360 g/mol. The molecule has 0 heterocycles. The molecule has 7 heteroatoms. The minimum Gasteiger partial charge on any atom is -0.321 e. The Kier molecular flexibility index (Phi) is 4.59. The lowest BCUT2D eigenvalue weighted by Crippen LogP contribution is -2.13. The molecule has 0 radical (unpaired) electrons. The molecule has 0 bridgehead atoms. The molecule has 0 aliphatic heterocycles. The monoisotopic (exact) mass is 368 g/mol. The minimum absolute atomic E-state index is 0.0549. The number of carbonyl (C=O) groups excluding carboxylic acids is 1. The smallest absolute Gasteiger partial charge is 0.288 e. The van der Waals surface area contributed by atoms with Gasteiger partial charge < -0.3 is 5.32 Å². The second-order valence-corrected chi connectivity index (χ2v) is 5.57. The van der Waals surface area contributed by atoms with E-state index in [9.17, 15) is 14.9 Å². The fraction of sp³-hybridized carbons (Fsp3) is 0.0714. The van der Waals surface area contributed by atoms with Crippen LogP contribution in [0.5, 0.6) is 0 Å². The van der Waals surface area contributed by atoms with Crippen LogP contribution in [0.4, 0.5) is 11.4 Å². The van der Waals surface area contributed by atoms with Crippen molar-refractivity contribution in [3.05, 3.63) is 67.1 Å². The average molecular weight is 370 g/mol. The highest BCUT2D eigenvalue weighted by atomic mass is 79.9. The van der Waals surface area contributed by atoms with Crippen LogP contribution in [-0.2, 0) is 0 Å². The van der Waals surface area contributed by atoms with Crippen LogP contribution in [0.2, 0.25) is 5.02 Å². The third-order valence-electron chi connectivity index (χ3n) is 2.79. The van der Waals surface area contributed by atoms with Crippen molar-refractivity contribution in [2.75, 3.05) is 5.32 Å². The van der Waals surface area contributed by atoms with Crippen LogP contribution in [-0.4, -0.2) is 10.8 Å². The molecule has 0 saturated carbocycles. The number of halogens is 2. The van der Waals surface area contributed by atoms with Gasteiger partial charge in [-0.2, -0.15) is 0 Å². The van der Waals surface area contributed by atoms with Crippen LogP contribution in [0.25, 0.3) is 0 Å². The maximum Gasteiger partial charge on any atom is 0.288 e. The van der Waals surface area contributed by atoms with Crippen LogP contribution in [0.3, 0.4) is 0 Å². The van der Waals surface area contributed by atoms with Gasteiger partial charge in [0.1, 0.15) is 5.02 Å². The van der Waals surface area contributed by atoms with E-state index in [2.05, 4.69) is 21.2 Å². The zero-order chi connectivity index (χ0) is 15.6. The summed E-state index contributed by atoms with van der Waals surface area (Å²) in [5.41, 5.74) is 1.30. The molecule has 5 nitrogen and oxygen atoms in total. The Morgan fingerprint density at radius 2 is 2.05 bits per heavy atom. The highest BCUT2D eigenvalue weighted by molar-refractivity contribution is 9.10. The van der Waals surface area contributed by atoms with Gasteiger partial charge in [-0.3, -0.25) is 14.9 Å². The van der Waals surface area contributed by atoms with Crippen molar-refractivity contribution in [3.63, 3.8) is 0 Å². The maximum absolute atomic E-state index is 12.2. The molecule has 2 aromatic carbocycles. The first-order valence-electron chi connectivity index (χ1n) is 5.90. The summed E-state index contributed by atoms with van der Waals surface area (Å²) in [6, 6.07) is 9.59. The number of amides is 1. The molecule has 0 fully saturated rings. The van der Waals surface area contributed by atoms with Crippen molar-refractivity contribution >= 4 is 44.8 Å². The van der Waals surface area contributed by atoms with Gasteiger partial charge in [-0.15, -0.1) is 0 Å². The second-order valence-electron chi connectivity index (χ2n) is 4.33. The number of anilines is 1. The highest BCUT2D eigenvalue weighted by Crippen LogP contribution is 2.29. The van der Waals surface area contributed by atoms with Crippen molar-refractivity contribution in [1.29, 1.82) is 0 Å². The van der Waals surface area contributed by atoms with Gasteiger partial charge in [-0.25, -0.2) is 0 Å². The average Bonchev–Trinajstić information content (AvgIpc) is 2.42. The van der Waals surface area contributed by atoms with E-state index in [1.807, 2.05) is 13.0 Å². The summed E-state index contributed by atoms with van der Waals surface area (Å²) < 4.78 is 0.711. The van der Waals surface area contributed by atoms with Crippen molar-refractivity contribution in [2.45, 2.75) is 6.92 Å². The third-order valence-corrected chi connectivity index (χ3v) is 3.88. The van der Waals surface area contributed by atoms with E-state index >= 15 is 0 Å². The molecule has 2 rings (SSSR count). The Hall–Kier alpha value is -1.92. The van der Waals surface area contributed by atoms with Crippen molar-refractivity contribution in [3.8, 4) is 0 Å². The number of benzene rings is 2. The summed E-state index contributed by atoms with van der Waals surface area (Å²) in [6.07, 6.45) is 0. The quantitative estimate of drug-likeness (QED) is 0.636. The van der Waals surface area contributed by atoms with E-state index in [1.54, 1.807) is 12.1 Å². The predicted octanol–water partition coefficient (Wildman–Crippen LogP) is 4.57. The molecular formula is C14H10BrClN2O3. The van der Waals surface area contributed by atoms with Gasteiger partial charge in [-0.05, 0) is 46.6 Å². The largest absolute Gasteiger partial charge is 0.321 e. The fourth-order valence-electron chi connectivity index (χ4n) is 1.76. The van der Waals surface area contributed by atoms with Gasteiger partial charge >= 0.3 is 0 Å². The first kappa shape index (κ1) is 15.5. The van der Waals surface area contributed by atoms with Crippen LogP contribution in [0.1, 0.15) is 15.9 Å². The van der Waals surface area contributed by atoms with E-state index in [4.69, 9.17) is 11.6 Å². The standard InChI is InChI=1S/C14H10BrClN2O3/c1-8-5-6-10(15)11(7-8)17-14(19)9-3-2-4-12(13(9)16)18(20)21/h2-7H,1H3,(H,17,19). The summed E-state index contributed by atoms with van der Waals surface area (Å²) in [6.45, 7) is 1.89. The molecule has 0 unspecified atom stereocenters. The number of nitro groups is 1. The van der Waals surface area contributed by atoms with E-state index < -0.39 is 10.8 Å². The molecule has 0 atom stereocenters. The summed E-state index contributed by atoms with van der Waals surface area (Å²) in [5, 5.41) is 13.3. The van der Waals surface area contributed by atoms with Crippen LogP contribution >= 0.6 is 27.5 Å². The topological polar surface area (TPSA) is 72.2 Å². The lowest BCUT2D eigenvalue weighted by molar-refractivity contribution is -0.384. The van der Waals surface area contributed by atoms with Gasteiger partial charge in [0.25, 0.3) is 11.6 Å². The summed E-state index contributed by atoms with van der Waals surface area (Å²) in [4.78, 5) is 22.4. The Bertz CT molecular complexity index is 734. The molecule has 0 saturated heterocycles. The maximum atomic E-state index is 12.2. The number of hydrogen-bond donors (Lipinski definition) is 1. The predicted molar refractivity (Wildman–Crippen MR) is 84.9 cm³/mol. The first-order valence-corrected chi connectivity index (χ1v) is 7.07. The molecule has 0 spiro atoms. The first-order chi connectivity index (χ1) is 9.90. The fourth-order valence-corrected chi connectivity index (χ4v) is 2.39. The van der Waals surface area contributed by atoms with Gasteiger partial charge in [-0.1, -0.05) is 23.7 Å². The van der Waals surface area contributed by atoms with E-state index in [-0.39, 0.29) is 16.3 Å². The number of aryl methyl sites for hydroxylation is 1. The zero-order valence-electron chi connectivity index (χ0n) is 10.9. The van der Waals surface area contributed by atoms with Crippen LogP contribution < -0.4 is 5.32 Å². The zero-order valence-corrected chi connectivity index (χ0v) is 13.2. The van der Waals surface area contributed by atoms with Crippen LogP contribution in [0.15, 0.2) is 40.9 Å². The Morgan fingerprint density at radius 3 is 2.71 bits per heavy atom. The summed E-state index contributed by atoms with van der Waals surface area (Å²) in [7, 11) is 0. The van der Waals surface area contributed by atoms with Crippen molar-refractivity contribution in [2.24, 2.45) is 0 Å². The number of nitrogens with one attached hydrogen (secondary N) is 1. The molecule has 21 heavy (non-hydrogen) atoms. The lowest BCUT2D eigenvalue weighted by atomic mass is 10.1. The minimum atomic E-state index is -0.623. The molecule has 2 aromatic rings. The Morgan fingerprint density at radius 1 is 1.33 bits per heavy atom. The van der Waals surface area contributed by atoms with E-state index in [1.165, 1.54) is 18.2 Å². The summed E-state index contributed by atoms with van der Waals surface area (Å²) >= 11 is 9.25.